The minimum absolute atomic E-state index is 0.328. The van der Waals surface area contributed by atoms with E-state index in [1.54, 1.807) is 0 Å². The molecular formula is C9H5BrF5NO2. The molecule has 18 heavy (non-hydrogen) atoms. The first kappa shape index (κ1) is 14.8. The third kappa shape index (κ3) is 3.15. The van der Waals surface area contributed by atoms with Gasteiger partial charge in [0, 0.05) is 6.20 Å². The van der Waals surface area contributed by atoms with E-state index in [0.29, 0.717) is 6.20 Å². The van der Waals surface area contributed by atoms with Gasteiger partial charge in [0.05, 0.1) is 17.5 Å². The number of hydrogen-bond donors (Lipinski definition) is 1. The van der Waals surface area contributed by atoms with Crippen LogP contribution in [0.3, 0.4) is 0 Å². The number of carboxylic acids is 1. The minimum atomic E-state index is -4.94. The molecule has 1 aromatic rings. The average Bonchev–Trinajstić information content (AvgIpc) is 2.13. The van der Waals surface area contributed by atoms with E-state index in [0.717, 1.165) is 0 Å². The van der Waals surface area contributed by atoms with Crippen LogP contribution in [0.15, 0.2) is 10.8 Å². The largest absolute Gasteiger partial charge is 0.481 e. The maximum atomic E-state index is 12.7. The fraction of sp³-hybridized carbons (Fsp3) is 0.333. The van der Waals surface area contributed by atoms with Crippen molar-refractivity contribution in [2.75, 3.05) is 0 Å². The van der Waals surface area contributed by atoms with Crippen LogP contribution in [0.2, 0.25) is 0 Å². The number of carbonyl (C=O) groups is 1. The summed E-state index contributed by atoms with van der Waals surface area (Å²) in [6.45, 7) is 0. The van der Waals surface area contributed by atoms with Crippen molar-refractivity contribution in [3.8, 4) is 0 Å². The molecular weight excluding hydrogens is 329 g/mol. The Kier molecular flexibility index (Phi) is 4.25. The van der Waals surface area contributed by atoms with Crippen LogP contribution >= 0.6 is 15.9 Å². The molecule has 0 aliphatic heterocycles. The normalized spacial score (nSPS) is 11.9. The van der Waals surface area contributed by atoms with Gasteiger partial charge in [-0.3, -0.25) is 4.79 Å². The third-order valence-corrected chi connectivity index (χ3v) is 2.66. The highest BCUT2D eigenvalue weighted by atomic mass is 79.9. The molecule has 0 unspecified atom stereocenters. The molecule has 0 aliphatic rings. The Morgan fingerprint density at radius 1 is 1.44 bits per heavy atom. The summed E-state index contributed by atoms with van der Waals surface area (Å²) >= 11 is 2.59. The van der Waals surface area contributed by atoms with Crippen molar-refractivity contribution in [2.24, 2.45) is 0 Å². The van der Waals surface area contributed by atoms with Gasteiger partial charge >= 0.3 is 12.1 Å². The number of rotatable bonds is 3. The van der Waals surface area contributed by atoms with Gasteiger partial charge in [-0.1, -0.05) is 0 Å². The smallest absolute Gasteiger partial charge is 0.418 e. The van der Waals surface area contributed by atoms with Gasteiger partial charge in [-0.25, -0.2) is 13.8 Å². The average molecular weight is 334 g/mol. The van der Waals surface area contributed by atoms with Crippen LogP contribution in [-0.4, -0.2) is 16.1 Å². The highest BCUT2D eigenvalue weighted by molar-refractivity contribution is 9.10. The van der Waals surface area contributed by atoms with Gasteiger partial charge in [0.2, 0.25) is 0 Å². The molecule has 0 aromatic carbocycles. The topological polar surface area (TPSA) is 50.2 Å². The zero-order valence-electron chi connectivity index (χ0n) is 8.43. The van der Waals surface area contributed by atoms with E-state index >= 15 is 0 Å². The van der Waals surface area contributed by atoms with Crippen molar-refractivity contribution < 1.29 is 31.9 Å². The van der Waals surface area contributed by atoms with E-state index in [1.165, 1.54) is 0 Å². The molecule has 0 saturated heterocycles. The summed E-state index contributed by atoms with van der Waals surface area (Å²) in [7, 11) is 0. The van der Waals surface area contributed by atoms with E-state index < -0.39 is 46.3 Å². The molecule has 0 spiro atoms. The summed E-state index contributed by atoms with van der Waals surface area (Å²) in [5.41, 5.74) is -3.50. The van der Waals surface area contributed by atoms with E-state index in [-0.39, 0.29) is 0 Å². The van der Waals surface area contributed by atoms with E-state index in [2.05, 4.69) is 20.9 Å². The second-order valence-electron chi connectivity index (χ2n) is 3.22. The number of carboxylic acid groups (broad SMARTS) is 1. The highest BCUT2D eigenvalue weighted by Crippen LogP contribution is 2.38. The fourth-order valence-corrected chi connectivity index (χ4v) is 1.86. The molecule has 0 amide bonds. The Morgan fingerprint density at radius 3 is 2.39 bits per heavy atom. The SMILES string of the molecule is O=C(O)Cc1c(C(F)(F)F)cnc(Br)c1C(F)F. The molecule has 1 rings (SSSR count). The number of pyridine rings is 1. The molecule has 0 atom stereocenters. The van der Waals surface area contributed by atoms with Crippen LogP contribution in [-0.2, 0) is 17.4 Å². The second-order valence-corrected chi connectivity index (χ2v) is 3.98. The van der Waals surface area contributed by atoms with Crippen molar-refractivity contribution in [3.05, 3.63) is 27.5 Å². The lowest BCUT2D eigenvalue weighted by Gasteiger charge is -2.16. The quantitative estimate of drug-likeness (QED) is 0.681. The molecule has 1 N–H and O–H groups in total. The van der Waals surface area contributed by atoms with Crippen molar-refractivity contribution in [1.29, 1.82) is 0 Å². The molecule has 0 radical (unpaired) electrons. The lowest BCUT2D eigenvalue weighted by atomic mass is 10.0. The van der Waals surface area contributed by atoms with Crippen LogP contribution in [0.25, 0.3) is 0 Å². The van der Waals surface area contributed by atoms with Crippen LogP contribution in [0, 0.1) is 0 Å². The summed E-state index contributed by atoms with van der Waals surface area (Å²) in [6.07, 6.45) is -9.03. The summed E-state index contributed by atoms with van der Waals surface area (Å²) in [5.74, 6) is -1.64. The molecule has 1 heterocycles. The molecule has 3 nitrogen and oxygen atoms in total. The van der Waals surface area contributed by atoms with E-state index in [9.17, 15) is 26.7 Å². The van der Waals surface area contributed by atoms with E-state index in [4.69, 9.17) is 5.11 Å². The van der Waals surface area contributed by atoms with Crippen LogP contribution in [0.1, 0.15) is 23.1 Å². The minimum Gasteiger partial charge on any atom is -0.481 e. The summed E-state index contributed by atoms with van der Waals surface area (Å²) in [6, 6.07) is 0. The first-order valence-corrected chi connectivity index (χ1v) is 5.18. The van der Waals surface area contributed by atoms with Crippen molar-refractivity contribution in [3.63, 3.8) is 0 Å². The molecule has 0 fully saturated rings. The standard InChI is InChI=1S/C9H5BrF5NO2/c10-7-6(8(11)12)3(1-5(17)18)4(2-16-7)9(13,14)15/h2,8H,1H2,(H,17,18). The molecule has 0 aliphatic carbocycles. The Balaban J connectivity index is 3.54. The zero-order chi connectivity index (χ0) is 14.1. The van der Waals surface area contributed by atoms with Crippen molar-refractivity contribution in [1.82, 2.24) is 4.98 Å². The van der Waals surface area contributed by atoms with Gasteiger partial charge in [-0.15, -0.1) is 0 Å². The monoisotopic (exact) mass is 333 g/mol. The molecule has 1 aromatic heterocycles. The van der Waals surface area contributed by atoms with Crippen molar-refractivity contribution >= 4 is 21.9 Å². The molecule has 0 saturated carbocycles. The maximum Gasteiger partial charge on any atom is 0.418 e. The first-order valence-electron chi connectivity index (χ1n) is 4.39. The van der Waals surface area contributed by atoms with Crippen LogP contribution < -0.4 is 0 Å². The number of aromatic nitrogens is 1. The highest BCUT2D eigenvalue weighted by Gasteiger charge is 2.37. The predicted octanol–water partition coefficient (Wildman–Crippen LogP) is 3.43. The van der Waals surface area contributed by atoms with Gasteiger partial charge in [0.25, 0.3) is 6.43 Å². The third-order valence-electron chi connectivity index (χ3n) is 2.03. The Morgan fingerprint density at radius 2 is 2.00 bits per heavy atom. The number of aliphatic carboxylic acids is 1. The van der Waals surface area contributed by atoms with Gasteiger partial charge in [-0.05, 0) is 21.5 Å². The van der Waals surface area contributed by atoms with Gasteiger partial charge in [0.1, 0.15) is 4.60 Å². The Labute approximate surface area is 106 Å². The number of nitrogens with zero attached hydrogens (tertiary/aromatic N) is 1. The number of hydrogen-bond acceptors (Lipinski definition) is 2. The predicted molar refractivity (Wildman–Crippen MR) is 53.2 cm³/mol. The van der Waals surface area contributed by atoms with Gasteiger partial charge in [0.15, 0.2) is 0 Å². The summed E-state index contributed by atoms with van der Waals surface area (Å²) in [4.78, 5) is 13.6. The summed E-state index contributed by atoms with van der Waals surface area (Å²) < 4.78 is 62.6. The number of alkyl halides is 5. The van der Waals surface area contributed by atoms with Crippen LogP contribution in [0.5, 0.6) is 0 Å². The van der Waals surface area contributed by atoms with Gasteiger partial charge in [-0.2, -0.15) is 13.2 Å². The van der Waals surface area contributed by atoms with Crippen molar-refractivity contribution in [2.45, 2.75) is 19.0 Å². The summed E-state index contributed by atoms with van der Waals surface area (Å²) in [5, 5.41) is 8.51. The first-order chi connectivity index (χ1) is 8.14. The Hall–Kier alpha value is -1.25. The molecule has 0 bridgehead atoms. The Bertz CT molecular complexity index is 475. The lowest BCUT2D eigenvalue weighted by Crippen LogP contribution is -2.16. The van der Waals surface area contributed by atoms with Gasteiger partial charge < -0.3 is 5.11 Å². The molecule has 9 heteroatoms. The second kappa shape index (κ2) is 5.17. The van der Waals surface area contributed by atoms with Crippen LogP contribution in [0.4, 0.5) is 22.0 Å². The maximum absolute atomic E-state index is 12.7. The fourth-order valence-electron chi connectivity index (χ4n) is 1.35. The number of halogens is 6. The lowest BCUT2D eigenvalue weighted by molar-refractivity contribution is -0.140. The molecule has 100 valence electrons. The van der Waals surface area contributed by atoms with E-state index in [1.807, 2.05) is 0 Å². The zero-order valence-corrected chi connectivity index (χ0v) is 10.0.